The van der Waals surface area contributed by atoms with E-state index < -0.39 is 5.97 Å². The van der Waals surface area contributed by atoms with Crippen molar-refractivity contribution in [3.05, 3.63) is 10.6 Å². The zero-order valence-corrected chi connectivity index (χ0v) is 13.4. The molecule has 5 nitrogen and oxygen atoms in total. The number of carboxylic acids is 1. The molecule has 0 bridgehead atoms. The third kappa shape index (κ3) is 3.37. The second-order valence-electron chi connectivity index (χ2n) is 6.15. The lowest BCUT2D eigenvalue weighted by atomic mass is 9.96. The van der Waals surface area contributed by atoms with E-state index in [-0.39, 0.29) is 0 Å². The van der Waals surface area contributed by atoms with Crippen molar-refractivity contribution in [2.75, 3.05) is 37.6 Å². The Morgan fingerprint density at radius 2 is 1.95 bits per heavy atom. The van der Waals surface area contributed by atoms with Crippen molar-refractivity contribution >= 4 is 22.4 Å². The van der Waals surface area contributed by atoms with E-state index in [9.17, 15) is 4.79 Å². The molecule has 0 amide bonds. The molecule has 2 aliphatic heterocycles. The number of likely N-dealkylation sites (tertiary alicyclic amines) is 1. The average molecular weight is 309 g/mol. The van der Waals surface area contributed by atoms with Crippen molar-refractivity contribution in [2.24, 2.45) is 5.92 Å². The fraction of sp³-hybridized carbons (Fsp3) is 0.733. The largest absolute Gasteiger partial charge is 0.477 e. The summed E-state index contributed by atoms with van der Waals surface area (Å²) in [5, 5.41) is 10.0. The number of rotatable bonds is 4. The van der Waals surface area contributed by atoms with E-state index in [2.05, 4.69) is 14.8 Å². The first-order valence-electron chi connectivity index (χ1n) is 7.81. The third-order valence-corrected chi connectivity index (χ3v) is 5.79. The number of aromatic nitrogens is 1. The van der Waals surface area contributed by atoms with E-state index in [0.717, 1.165) is 24.1 Å². The van der Waals surface area contributed by atoms with Gasteiger partial charge in [-0.15, -0.1) is 0 Å². The highest BCUT2D eigenvalue weighted by Gasteiger charge is 2.25. The first-order valence-corrected chi connectivity index (χ1v) is 8.63. The molecule has 1 aromatic rings. The molecule has 0 spiro atoms. The number of hydrogen-bond donors (Lipinski definition) is 1. The van der Waals surface area contributed by atoms with Gasteiger partial charge < -0.3 is 14.9 Å². The molecule has 0 aromatic carbocycles. The Bertz CT molecular complexity index is 503. The van der Waals surface area contributed by atoms with Crippen LogP contribution in [0.3, 0.4) is 0 Å². The van der Waals surface area contributed by atoms with E-state index in [1.54, 1.807) is 6.92 Å². The summed E-state index contributed by atoms with van der Waals surface area (Å²) < 4.78 is 0. The highest BCUT2D eigenvalue weighted by Crippen LogP contribution is 2.30. The number of aryl methyl sites for hydroxylation is 1. The predicted molar refractivity (Wildman–Crippen MR) is 84.4 cm³/mol. The van der Waals surface area contributed by atoms with Crippen LogP contribution < -0.4 is 4.90 Å². The summed E-state index contributed by atoms with van der Waals surface area (Å²) in [4.78, 5) is 20.8. The number of thiazole rings is 1. The van der Waals surface area contributed by atoms with E-state index in [0.29, 0.717) is 10.6 Å². The first-order chi connectivity index (χ1) is 10.1. The first kappa shape index (κ1) is 14.8. The molecule has 2 saturated heterocycles. The maximum absolute atomic E-state index is 11.1. The molecule has 21 heavy (non-hydrogen) atoms. The summed E-state index contributed by atoms with van der Waals surface area (Å²) >= 11 is 1.31. The van der Waals surface area contributed by atoms with Crippen molar-refractivity contribution in [3.8, 4) is 0 Å². The maximum Gasteiger partial charge on any atom is 0.347 e. The molecule has 0 saturated carbocycles. The Morgan fingerprint density at radius 3 is 2.52 bits per heavy atom. The van der Waals surface area contributed by atoms with Gasteiger partial charge in [-0.3, -0.25) is 0 Å². The fourth-order valence-corrected chi connectivity index (χ4v) is 4.31. The van der Waals surface area contributed by atoms with Crippen molar-refractivity contribution < 1.29 is 9.90 Å². The molecule has 3 heterocycles. The molecule has 1 N–H and O–H groups in total. The van der Waals surface area contributed by atoms with Crippen molar-refractivity contribution in [3.63, 3.8) is 0 Å². The van der Waals surface area contributed by atoms with E-state index in [1.165, 1.54) is 56.7 Å². The van der Waals surface area contributed by atoms with Crippen LogP contribution in [-0.2, 0) is 0 Å². The zero-order chi connectivity index (χ0) is 14.8. The zero-order valence-electron chi connectivity index (χ0n) is 12.5. The normalized spacial score (nSPS) is 21.1. The summed E-state index contributed by atoms with van der Waals surface area (Å²) in [6.07, 6.45) is 5.10. The molecule has 0 unspecified atom stereocenters. The van der Waals surface area contributed by atoms with Gasteiger partial charge in [-0.25, -0.2) is 9.78 Å². The van der Waals surface area contributed by atoms with Crippen LogP contribution in [0.4, 0.5) is 5.13 Å². The lowest BCUT2D eigenvalue weighted by Gasteiger charge is -2.33. The molecule has 0 radical (unpaired) electrons. The standard InChI is InChI=1S/C15H23N3O2S/c1-11-13(14(19)20)21-15(16-11)18-8-4-12(5-9-18)10-17-6-2-3-7-17/h12H,2-10H2,1H3,(H,19,20). The summed E-state index contributed by atoms with van der Waals surface area (Å²) in [5.74, 6) is -0.0699. The van der Waals surface area contributed by atoms with Gasteiger partial charge in [0, 0.05) is 19.6 Å². The minimum atomic E-state index is -0.861. The van der Waals surface area contributed by atoms with E-state index in [1.807, 2.05) is 0 Å². The van der Waals surface area contributed by atoms with Gasteiger partial charge in [-0.05, 0) is 51.6 Å². The third-order valence-electron chi connectivity index (χ3n) is 4.58. The second-order valence-corrected chi connectivity index (χ2v) is 7.13. The molecular formula is C15H23N3O2S. The molecule has 3 rings (SSSR count). The molecular weight excluding hydrogens is 286 g/mol. The van der Waals surface area contributed by atoms with Crippen molar-refractivity contribution in [1.29, 1.82) is 0 Å². The van der Waals surface area contributed by atoms with Gasteiger partial charge in [-0.2, -0.15) is 0 Å². The highest BCUT2D eigenvalue weighted by molar-refractivity contribution is 7.17. The number of piperidine rings is 1. The summed E-state index contributed by atoms with van der Waals surface area (Å²) in [6.45, 7) is 7.57. The molecule has 116 valence electrons. The maximum atomic E-state index is 11.1. The van der Waals surface area contributed by atoms with Crippen LogP contribution in [0.1, 0.15) is 41.0 Å². The van der Waals surface area contributed by atoms with Crippen LogP contribution in [0.2, 0.25) is 0 Å². The van der Waals surface area contributed by atoms with Gasteiger partial charge >= 0.3 is 5.97 Å². The number of carbonyl (C=O) groups is 1. The molecule has 0 aliphatic carbocycles. The van der Waals surface area contributed by atoms with Crippen LogP contribution in [0.25, 0.3) is 0 Å². The molecule has 2 fully saturated rings. The Balaban J connectivity index is 1.55. The summed E-state index contributed by atoms with van der Waals surface area (Å²) in [6, 6.07) is 0. The lowest BCUT2D eigenvalue weighted by molar-refractivity contribution is 0.0701. The van der Waals surface area contributed by atoms with Crippen LogP contribution in [0.5, 0.6) is 0 Å². The van der Waals surface area contributed by atoms with E-state index >= 15 is 0 Å². The molecule has 2 aliphatic rings. The van der Waals surface area contributed by atoms with Gasteiger partial charge in [0.05, 0.1) is 5.69 Å². The second kappa shape index (κ2) is 6.32. The Hall–Kier alpha value is -1.14. The minimum Gasteiger partial charge on any atom is -0.477 e. The van der Waals surface area contributed by atoms with Crippen LogP contribution in [0, 0.1) is 12.8 Å². The van der Waals surface area contributed by atoms with Gasteiger partial charge in [-0.1, -0.05) is 11.3 Å². The number of anilines is 1. The number of carboxylic acid groups (broad SMARTS) is 1. The Morgan fingerprint density at radius 1 is 1.29 bits per heavy atom. The monoisotopic (exact) mass is 309 g/mol. The fourth-order valence-electron chi connectivity index (χ4n) is 3.35. The number of nitrogens with zero attached hydrogens (tertiary/aromatic N) is 3. The quantitative estimate of drug-likeness (QED) is 0.926. The summed E-state index contributed by atoms with van der Waals surface area (Å²) in [7, 11) is 0. The molecule has 1 aromatic heterocycles. The average Bonchev–Trinajstić information content (AvgIpc) is 3.09. The number of hydrogen-bond acceptors (Lipinski definition) is 5. The van der Waals surface area contributed by atoms with Gasteiger partial charge in [0.1, 0.15) is 4.88 Å². The van der Waals surface area contributed by atoms with Gasteiger partial charge in [0.25, 0.3) is 0 Å². The topological polar surface area (TPSA) is 56.7 Å². The Kier molecular flexibility index (Phi) is 4.45. The van der Waals surface area contributed by atoms with Gasteiger partial charge in [0.2, 0.25) is 0 Å². The molecule has 6 heteroatoms. The van der Waals surface area contributed by atoms with Crippen LogP contribution in [-0.4, -0.2) is 53.7 Å². The van der Waals surface area contributed by atoms with Crippen molar-refractivity contribution in [2.45, 2.75) is 32.6 Å². The van der Waals surface area contributed by atoms with Crippen LogP contribution >= 0.6 is 11.3 Å². The SMILES string of the molecule is Cc1nc(N2CCC(CN3CCCC3)CC2)sc1C(=O)O. The van der Waals surface area contributed by atoms with Gasteiger partial charge in [0.15, 0.2) is 5.13 Å². The molecule has 0 atom stereocenters. The minimum absolute atomic E-state index is 0.379. The smallest absolute Gasteiger partial charge is 0.347 e. The number of aromatic carboxylic acids is 1. The van der Waals surface area contributed by atoms with Crippen molar-refractivity contribution in [1.82, 2.24) is 9.88 Å². The predicted octanol–water partition coefficient (Wildman–Crippen LogP) is 2.46. The summed E-state index contributed by atoms with van der Waals surface area (Å²) in [5.41, 5.74) is 0.640. The lowest BCUT2D eigenvalue weighted by Crippen LogP contribution is -2.38. The van der Waals surface area contributed by atoms with E-state index in [4.69, 9.17) is 5.11 Å². The highest BCUT2D eigenvalue weighted by atomic mass is 32.1. The van der Waals surface area contributed by atoms with Crippen LogP contribution in [0.15, 0.2) is 0 Å². The Labute approximate surface area is 129 Å².